The van der Waals surface area contributed by atoms with Crippen LogP contribution in [0, 0.1) is 0 Å². The van der Waals surface area contributed by atoms with Crippen molar-refractivity contribution >= 4 is 0 Å². The van der Waals surface area contributed by atoms with E-state index in [1.807, 2.05) is 0 Å². The van der Waals surface area contributed by atoms with Crippen molar-refractivity contribution < 1.29 is 22.7 Å². The van der Waals surface area contributed by atoms with Gasteiger partial charge in [0.1, 0.15) is 0 Å². The number of hydrogen-bond donors (Lipinski definition) is 1. The molecule has 0 radical (unpaired) electrons. The summed E-state index contributed by atoms with van der Waals surface area (Å²) in [5.41, 5.74) is -3.11. The van der Waals surface area contributed by atoms with Crippen LogP contribution < -0.4 is 0 Å². The topological polar surface area (TPSA) is 20.2 Å². The quantitative estimate of drug-likeness (QED) is 0.779. The first-order valence-corrected chi connectivity index (χ1v) is 4.24. The fraction of sp³-hybridized carbons (Fsp3) is 0.400. The molecule has 1 rings (SSSR count). The van der Waals surface area contributed by atoms with E-state index in [9.17, 15) is 22.7 Å². The van der Waals surface area contributed by atoms with Gasteiger partial charge >= 0.3 is 12.3 Å². The van der Waals surface area contributed by atoms with Crippen molar-refractivity contribution in [3.63, 3.8) is 0 Å². The van der Waals surface area contributed by atoms with Crippen molar-refractivity contribution in [3.8, 4) is 0 Å². The highest BCUT2D eigenvalue weighted by Gasteiger charge is 2.57. The lowest BCUT2D eigenvalue weighted by atomic mass is 9.89. The molecule has 0 saturated carbocycles. The summed E-state index contributed by atoms with van der Waals surface area (Å²) in [5.74, 6) is -4.48. The average Bonchev–Trinajstić information content (AvgIpc) is 2.18. The van der Waals surface area contributed by atoms with Gasteiger partial charge in [0.15, 0.2) is 5.60 Å². The van der Waals surface area contributed by atoms with Crippen LogP contribution in [0.15, 0.2) is 30.3 Å². The summed E-state index contributed by atoms with van der Waals surface area (Å²) in [5, 5.41) is 9.45. The number of aliphatic hydroxyl groups is 1. The normalized spacial score (nSPS) is 16.5. The zero-order valence-corrected chi connectivity index (χ0v) is 7.92. The highest BCUT2D eigenvalue weighted by atomic mass is 19.3. The summed E-state index contributed by atoms with van der Waals surface area (Å²) in [7, 11) is 0. The predicted octanol–water partition coefficient (Wildman–Crippen LogP) is 2.79. The van der Waals surface area contributed by atoms with E-state index < -0.39 is 17.9 Å². The van der Waals surface area contributed by atoms with Gasteiger partial charge in [0.2, 0.25) is 0 Å². The van der Waals surface area contributed by atoms with Gasteiger partial charge in [-0.15, -0.1) is 0 Å². The van der Waals surface area contributed by atoms with Crippen molar-refractivity contribution in [1.82, 2.24) is 0 Å². The van der Waals surface area contributed by atoms with Gasteiger partial charge in [0.05, 0.1) is 0 Å². The summed E-state index contributed by atoms with van der Waals surface area (Å²) < 4.78 is 50.2. The van der Waals surface area contributed by atoms with E-state index in [2.05, 4.69) is 0 Å². The van der Waals surface area contributed by atoms with E-state index >= 15 is 0 Å². The lowest BCUT2D eigenvalue weighted by Crippen LogP contribution is -2.48. The minimum Gasteiger partial charge on any atom is -0.379 e. The predicted molar refractivity (Wildman–Crippen MR) is 47.0 cm³/mol. The maximum atomic E-state index is 13.0. The van der Waals surface area contributed by atoms with E-state index in [4.69, 9.17) is 0 Å². The first-order chi connectivity index (χ1) is 6.80. The van der Waals surface area contributed by atoms with E-state index in [-0.39, 0.29) is 5.56 Å². The lowest BCUT2D eigenvalue weighted by molar-refractivity contribution is -0.241. The summed E-state index contributed by atoms with van der Waals surface area (Å²) in [6.45, 7) is 0.675. The molecule has 0 aromatic heterocycles. The molecule has 0 aliphatic rings. The molecule has 0 bridgehead atoms. The van der Waals surface area contributed by atoms with Gasteiger partial charge in [-0.2, -0.15) is 8.78 Å². The Labute approximate surface area is 84.3 Å². The molecule has 1 nitrogen and oxygen atoms in total. The Kier molecular flexibility index (Phi) is 3.04. The second-order valence-electron chi connectivity index (χ2n) is 3.36. The molecular formula is C10H10F4O. The maximum Gasteiger partial charge on any atom is 0.339 e. The summed E-state index contributed by atoms with van der Waals surface area (Å²) in [6, 6.07) is 6.68. The SMILES string of the molecule is CC(O)(c1ccccc1)C(F)(F)C(F)F. The fourth-order valence-corrected chi connectivity index (χ4v) is 1.17. The third-order valence-electron chi connectivity index (χ3n) is 2.26. The first kappa shape index (κ1) is 12.0. The molecule has 15 heavy (non-hydrogen) atoms. The minimum atomic E-state index is -4.48. The highest BCUT2D eigenvalue weighted by molar-refractivity contribution is 5.24. The third kappa shape index (κ3) is 1.97. The molecule has 0 heterocycles. The molecule has 84 valence electrons. The Bertz CT molecular complexity index is 321. The molecule has 0 aliphatic heterocycles. The van der Waals surface area contributed by atoms with Crippen molar-refractivity contribution in [2.45, 2.75) is 24.9 Å². The number of rotatable bonds is 3. The molecule has 0 aliphatic carbocycles. The van der Waals surface area contributed by atoms with E-state index in [0.29, 0.717) is 6.92 Å². The van der Waals surface area contributed by atoms with Crippen LogP contribution in [-0.4, -0.2) is 17.5 Å². The molecule has 5 heteroatoms. The van der Waals surface area contributed by atoms with Gasteiger partial charge in [-0.05, 0) is 12.5 Å². The Balaban J connectivity index is 3.13. The Hall–Kier alpha value is -1.10. The van der Waals surface area contributed by atoms with Crippen molar-refractivity contribution in [2.24, 2.45) is 0 Å². The second-order valence-corrected chi connectivity index (χ2v) is 3.36. The van der Waals surface area contributed by atoms with Crippen LogP contribution in [0.3, 0.4) is 0 Å². The van der Waals surface area contributed by atoms with Gasteiger partial charge in [0, 0.05) is 0 Å². The van der Waals surface area contributed by atoms with Crippen LogP contribution in [0.25, 0.3) is 0 Å². The van der Waals surface area contributed by atoms with E-state index in [1.54, 1.807) is 6.07 Å². The number of alkyl halides is 4. The van der Waals surface area contributed by atoms with Gasteiger partial charge in [-0.25, -0.2) is 8.78 Å². The molecule has 1 N–H and O–H groups in total. The smallest absolute Gasteiger partial charge is 0.339 e. The summed E-state index contributed by atoms with van der Waals surface area (Å²) in [4.78, 5) is 0. The summed E-state index contributed by atoms with van der Waals surface area (Å²) in [6.07, 6.45) is -3.91. The van der Waals surface area contributed by atoms with Crippen molar-refractivity contribution in [2.75, 3.05) is 0 Å². The standard InChI is InChI=1S/C10H10F4O/c1-9(15,10(13,14)8(11)12)7-5-3-2-4-6-7/h2-6,8,15H,1H3. The van der Waals surface area contributed by atoms with E-state index in [0.717, 1.165) is 0 Å². The van der Waals surface area contributed by atoms with Crippen LogP contribution in [0.5, 0.6) is 0 Å². The Morgan fingerprint density at radius 3 is 2.00 bits per heavy atom. The summed E-state index contributed by atoms with van der Waals surface area (Å²) >= 11 is 0. The molecular weight excluding hydrogens is 212 g/mol. The minimum absolute atomic E-state index is 0.240. The second kappa shape index (κ2) is 3.81. The average molecular weight is 222 g/mol. The largest absolute Gasteiger partial charge is 0.379 e. The molecule has 1 aromatic rings. The van der Waals surface area contributed by atoms with Gasteiger partial charge in [-0.3, -0.25) is 0 Å². The zero-order chi connectivity index (χ0) is 11.7. The van der Waals surface area contributed by atoms with Gasteiger partial charge in [-0.1, -0.05) is 30.3 Å². The molecule has 1 aromatic carbocycles. The van der Waals surface area contributed by atoms with Crippen molar-refractivity contribution in [1.29, 1.82) is 0 Å². The van der Waals surface area contributed by atoms with Gasteiger partial charge < -0.3 is 5.11 Å². The van der Waals surface area contributed by atoms with Crippen LogP contribution in [0.2, 0.25) is 0 Å². The Morgan fingerprint density at radius 1 is 1.13 bits per heavy atom. The molecule has 0 spiro atoms. The van der Waals surface area contributed by atoms with Crippen LogP contribution in [-0.2, 0) is 5.60 Å². The number of hydrogen-bond acceptors (Lipinski definition) is 1. The molecule has 1 unspecified atom stereocenters. The highest BCUT2D eigenvalue weighted by Crippen LogP contribution is 2.41. The lowest BCUT2D eigenvalue weighted by Gasteiger charge is -2.32. The fourth-order valence-electron chi connectivity index (χ4n) is 1.17. The van der Waals surface area contributed by atoms with Crippen LogP contribution in [0.1, 0.15) is 12.5 Å². The van der Waals surface area contributed by atoms with Gasteiger partial charge in [0.25, 0.3) is 0 Å². The molecule has 0 saturated heterocycles. The molecule has 0 fully saturated rings. The first-order valence-electron chi connectivity index (χ1n) is 4.24. The number of benzene rings is 1. The molecule has 0 amide bonds. The molecule has 1 atom stereocenters. The third-order valence-corrected chi connectivity index (χ3v) is 2.26. The number of halogens is 4. The zero-order valence-electron chi connectivity index (χ0n) is 7.92. The Morgan fingerprint density at radius 2 is 1.60 bits per heavy atom. The van der Waals surface area contributed by atoms with E-state index in [1.165, 1.54) is 24.3 Å². The maximum absolute atomic E-state index is 13.0. The monoisotopic (exact) mass is 222 g/mol. The van der Waals surface area contributed by atoms with Crippen LogP contribution >= 0.6 is 0 Å². The van der Waals surface area contributed by atoms with Crippen molar-refractivity contribution in [3.05, 3.63) is 35.9 Å². The van der Waals surface area contributed by atoms with Crippen LogP contribution in [0.4, 0.5) is 17.6 Å².